The van der Waals surface area contributed by atoms with Gasteiger partial charge in [-0.05, 0) is 71.8 Å². The van der Waals surface area contributed by atoms with E-state index < -0.39 is 5.97 Å². The highest BCUT2D eigenvalue weighted by molar-refractivity contribution is 5.96. The van der Waals surface area contributed by atoms with E-state index in [4.69, 9.17) is 9.97 Å². The number of aliphatic carboxylic acids is 1. The zero-order chi connectivity index (χ0) is 27.8. The van der Waals surface area contributed by atoms with Crippen molar-refractivity contribution >= 4 is 58.4 Å². The molecule has 5 aromatic rings. The molecule has 0 aliphatic carbocycles. The van der Waals surface area contributed by atoms with Gasteiger partial charge in [-0.15, -0.1) is 0 Å². The molecule has 0 saturated heterocycles. The number of aromatic nitrogens is 4. The second-order valence-corrected chi connectivity index (χ2v) is 9.80. The van der Waals surface area contributed by atoms with E-state index >= 15 is 0 Å². The first-order chi connectivity index (χ1) is 20.1. The summed E-state index contributed by atoms with van der Waals surface area (Å²) in [7, 11) is 0. The largest absolute Gasteiger partial charge is 0.478 e. The van der Waals surface area contributed by atoms with Gasteiger partial charge in [0, 0.05) is 44.8 Å². The minimum atomic E-state index is -1.03. The lowest BCUT2D eigenvalue weighted by molar-refractivity contribution is -0.131. The number of carboxylic acids is 1. The van der Waals surface area contributed by atoms with Crippen LogP contribution in [-0.2, 0) is 4.79 Å². The average molecular weight is 533 g/mol. The van der Waals surface area contributed by atoms with E-state index in [1.807, 2.05) is 85.0 Å². The van der Waals surface area contributed by atoms with E-state index in [1.54, 1.807) is 6.08 Å². The number of nitrogens with zero attached hydrogens (tertiary/aromatic N) is 2. The van der Waals surface area contributed by atoms with E-state index in [9.17, 15) is 9.90 Å². The summed E-state index contributed by atoms with van der Waals surface area (Å²) in [6.07, 6.45) is 10.7. The lowest BCUT2D eigenvalue weighted by Crippen LogP contribution is -1.89. The first-order valence-electron chi connectivity index (χ1n) is 13.3. The van der Waals surface area contributed by atoms with Crippen LogP contribution in [0.25, 0.3) is 74.7 Å². The summed E-state index contributed by atoms with van der Waals surface area (Å²) in [6.45, 7) is 0. The summed E-state index contributed by atoms with van der Waals surface area (Å²) >= 11 is 0. The molecular weight excluding hydrogens is 508 g/mol. The molecule has 6 nitrogen and oxygen atoms in total. The minimum absolute atomic E-state index is 0.666. The zero-order valence-corrected chi connectivity index (χ0v) is 21.9. The van der Waals surface area contributed by atoms with Crippen LogP contribution in [0.2, 0.25) is 0 Å². The molecule has 41 heavy (non-hydrogen) atoms. The minimum Gasteiger partial charge on any atom is -0.478 e. The first kappa shape index (κ1) is 24.3. The summed E-state index contributed by atoms with van der Waals surface area (Å²) in [5, 5.41) is 9.47. The van der Waals surface area contributed by atoms with E-state index in [2.05, 4.69) is 40.3 Å². The molecule has 196 valence electrons. The van der Waals surface area contributed by atoms with Crippen LogP contribution < -0.4 is 0 Å². The molecule has 2 aliphatic heterocycles. The fourth-order valence-electron chi connectivity index (χ4n) is 5.31. The molecule has 0 fully saturated rings. The van der Waals surface area contributed by atoms with Gasteiger partial charge in [-0.1, -0.05) is 60.7 Å². The van der Waals surface area contributed by atoms with Crippen LogP contribution in [0.3, 0.4) is 0 Å². The number of fused-ring (bicyclic) bond motifs is 8. The van der Waals surface area contributed by atoms with Crippen LogP contribution in [0, 0.1) is 0 Å². The summed E-state index contributed by atoms with van der Waals surface area (Å²) in [6, 6.07) is 30.3. The maximum Gasteiger partial charge on any atom is 0.328 e. The monoisotopic (exact) mass is 532 g/mol. The Morgan fingerprint density at radius 3 is 1.93 bits per heavy atom. The van der Waals surface area contributed by atoms with Crippen molar-refractivity contribution in [3.05, 3.63) is 125 Å². The summed E-state index contributed by atoms with van der Waals surface area (Å²) in [5.41, 5.74) is 11.2. The van der Waals surface area contributed by atoms with Gasteiger partial charge in [0.1, 0.15) is 0 Å². The number of aromatic amines is 2. The molecule has 6 heteroatoms. The van der Waals surface area contributed by atoms with E-state index in [0.29, 0.717) is 11.3 Å². The van der Waals surface area contributed by atoms with Crippen LogP contribution >= 0.6 is 0 Å². The average Bonchev–Trinajstić information content (AvgIpc) is 3.80. The number of carboxylic acid groups (broad SMARTS) is 1. The number of carbonyl (C=O) groups is 1. The van der Waals surface area contributed by atoms with Gasteiger partial charge in [0.05, 0.1) is 22.8 Å². The zero-order valence-electron chi connectivity index (χ0n) is 21.9. The van der Waals surface area contributed by atoms with E-state index in [0.717, 1.165) is 67.5 Å². The Morgan fingerprint density at radius 1 is 0.634 bits per heavy atom. The Kier molecular flexibility index (Phi) is 5.98. The molecule has 2 aliphatic rings. The van der Waals surface area contributed by atoms with Crippen LogP contribution in [0.1, 0.15) is 28.3 Å². The molecule has 8 bridgehead atoms. The van der Waals surface area contributed by atoms with Crippen molar-refractivity contribution in [2.45, 2.75) is 0 Å². The van der Waals surface area contributed by atoms with Crippen LogP contribution in [0.4, 0.5) is 0 Å². The Labute approximate surface area is 235 Å². The van der Waals surface area contributed by atoms with Gasteiger partial charge < -0.3 is 15.1 Å². The van der Waals surface area contributed by atoms with Crippen LogP contribution in [0.15, 0.2) is 97.1 Å². The first-order valence-corrected chi connectivity index (χ1v) is 13.3. The third kappa shape index (κ3) is 4.68. The number of hydrogen-bond donors (Lipinski definition) is 3. The Morgan fingerprint density at radius 2 is 1.22 bits per heavy atom. The molecule has 3 N–H and O–H groups in total. The maximum atomic E-state index is 11.6. The van der Waals surface area contributed by atoms with Gasteiger partial charge in [-0.3, -0.25) is 0 Å². The second kappa shape index (κ2) is 10.1. The number of hydrogen-bond acceptors (Lipinski definition) is 3. The topological polar surface area (TPSA) is 94.7 Å². The van der Waals surface area contributed by atoms with Crippen molar-refractivity contribution in [3.63, 3.8) is 0 Å². The lowest BCUT2D eigenvalue weighted by atomic mass is 10.0. The van der Waals surface area contributed by atoms with Gasteiger partial charge in [0.25, 0.3) is 0 Å². The lowest BCUT2D eigenvalue weighted by Gasteiger charge is -2.04. The van der Waals surface area contributed by atoms with Crippen molar-refractivity contribution in [2.75, 3.05) is 0 Å². The number of rotatable bonds is 4. The van der Waals surface area contributed by atoms with Crippen molar-refractivity contribution < 1.29 is 9.90 Å². The number of benzene rings is 2. The van der Waals surface area contributed by atoms with Gasteiger partial charge in [0.15, 0.2) is 0 Å². The van der Waals surface area contributed by atoms with Gasteiger partial charge in [-0.2, -0.15) is 0 Å². The van der Waals surface area contributed by atoms with Gasteiger partial charge >= 0.3 is 5.97 Å². The molecule has 0 spiro atoms. The molecule has 0 atom stereocenters. The summed E-state index contributed by atoms with van der Waals surface area (Å²) < 4.78 is 0. The van der Waals surface area contributed by atoms with Crippen molar-refractivity contribution in [2.24, 2.45) is 0 Å². The van der Waals surface area contributed by atoms with Gasteiger partial charge in [-0.25, -0.2) is 14.8 Å². The van der Waals surface area contributed by atoms with Crippen LogP contribution in [0.5, 0.6) is 0 Å². The van der Waals surface area contributed by atoms with Gasteiger partial charge in [0.2, 0.25) is 0 Å². The molecular formula is C35H24N4O2. The van der Waals surface area contributed by atoms with E-state index in [-0.39, 0.29) is 0 Å². The highest BCUT2D eigenvalue weighted by atomic mass is 16.4. The smallest absolute Gasteiger partial charge is 0.328 e. The fourth-order valence-corrected chi connectivity index (χ4v) is 5.31. The fraction of sp³-hybridized carbons (Fsp3) is 0. The molecule has 0 radical (unpaired) electrons. The van der Waals surface area contributed by atoms with E-state index in [1.165, 1.54) is 0 Å². The predicted octanol–water partition coefficient (Wildman–Crippen LogP) is 8.09. The Bertz CT molecular complexity index is 2030. The summed E-state index contributed by atoms with van der Waals surface area (Å²) in [5.74, 6) is -1.03. The Hall–Kier alpha value is -5.75. The van der Waals surface area contributed by atoms with Crippen molar-refractivity contribution in [3.8, 4) is 22.3 Å². The highest BCUT2D eigenvalue weighted by Gasteiger charge is 2.15. The molecule has 0 saturated carbocycles. The van der Waals surface area contributed by atoms with Crippen molar-refractivity contribution in [1.29, 1.82) is 0 Å². The standard InChI is InChI=1S/C35H24N4O2/c40-33(41)20-13-26-27-16-18-31(38-27)34(22-7-3-1-4-8-22)29-14-11-24(36-29)21-25-12-15-30(37-25)35(23-9-5-2-6-10-23)32-19-17-28(26)39-32/h1-21,36,39H,(H,40,41)/b20-13+,24-21?,25-21?,27-26?,28-26?,34-29?,34-31?,35-30?,35-32?. The Balaban J connectivity index is 1.64. The third-order valence-electron chi connectivity index (χ3n) is 7.13. The summed E-state index contributed by atoms with van der Waals surface area (Å²) in [4.78, 5) is 28.7. The molecule has 5 heterocycles. The predicted molar refractivity (Wildman–Crippen MR) is 166 cm³/mol. The molecule has 0 unspecified atom stereocenters. The highest BCUT2D eigenvalue weighted by Crippen LogP contribution is 2.33. The van der Waals surface area contributed by atoms with Crippen LogP contribution in [-0.4, -0.2) is 31.0 Å². The normalized spacial score (nSPS) is 12.3. The molecule has 2 aromatic carbocycles. The second-order valence-electron chi connectivity index (χ2n) is 9.80. The number of H-pyrrole nitrogens is 2. The maximum absolute atomic E-state index is 11.6. The van der Waals surface area contributed by atoms with Crippen molar-refractivity contribution in [1.82, 2.24) is 19.9 Å². The molecule has 0 amide bonds. The molecule has 7 rings (SSSR count). The SMILES string of the molecule is O=C(O)/C=C/c1c2nc(c(-c3ccccc3)c3ccc(cc4nc(c(-c5ccccc5)c5ccc1[nH]5)C=C4)[nH]3)C=C2. The molecule has 3 aromatic heterocycles. The number of nitrogens with one attached hydrogen (secondary N) is 2. The quantitative estimate of drug-likeness (QED) is 0.200. The third-order valence-corrected chi connectivity index (χ3v) is 7.13.